The van der Waals surface area contributed by atoms with Crippen LogP contribution in [0.15, 0.2) is 42.5 Å². The van der Waals surface area contributed by atoms with Crippen LogP contribution in [0.2, 0.25) is 0 Å². The molecule has 0 unspecified atom stereocenters. The number of benzene rings is 1. The molecule has 1 aromatic carbocycles. The molecule has 1 amide bonds. The van der Waals surface area contributed by atoms with E-state index in [0.29, 0.717) is 0 Å². The van der Waals surface area contributed by atoms with Gasteiger partial charge in [-0.3, -0.25) is 9.59 Å². The smallest absolute Gasteiger partial charge is 0.230 e. The number of piperidine rings is 1. The minimum absolute atomic E-state index is 0.0397. The molecule has 3 fully saturated rings. The van der Waals surface area contributed by atoms with Gasteiger partial charge in [0.2, 0.25) is 5.91 Å². The summed E-state index contributed by atoms with van der Waals surface area (Å²) in [6.07, 6.45) is 4.92. The minimum Gasteiger partial charge on any atom is -0.361 e. The first-order valence-electron chi connectivity index (χ1n) is 8.82. The van der Waals surface area contributed by atoms with Crippen LogP contribution < -0.4 is 0 Å². The van der Waals surface area contributed by atoms with Crippen molar-refractivity contribution >= 4 is 11.7 Å². The summed E-state index contributed by atoms with van der Waals surface area (Å²) in [5, 5.41) is 0. The zero-order chi connectivity index (χ0) is 16.6. The number of hydrogen-bond donors (Lipinski definition) is 0. The van der Waals surface area contributed by atoms with Crippen LogP contribution in [-0.2, 0) is 14.3 Å². The van der Waals surface area contributed by atoms with Gasteiger partial charge in [-0.05, 0) is 12.0 Å². The second kappa shape index (κ2) is 4.57. The Morgan fingerprint density at radius 1 is 1.12 bits per heavy atom. The molecule has 0 aliphatic carbocycles. The normalized spacial score (nSPS) is 45.7. The van der Waals surface area contributed by atoms with Crippen LogP contribution in [0.4, 0.5) is 0 Å². The molecule has 24 heavy (non-hydrogen) atoms. The van der Waals surface area contributed by atoms with Gasteiger partial charge in [-0.2, -0.15) is 0 Å². The van der Waals surface area contributed by atoms with E-state index in [-0.39, 0.29) is 47.6 Å². The molecule has 124 valence electrons. The predicted octanol–water partition coefficient (Wildman–Crippen LogP) is 2.51. The van der Waals surface area contributed by atoms with Crippen molar-refractivity contribution in [3.05, 3.63) is 48.0 Å². The molecule has 1 spiro atoms. The Kier molecular flexibility index (Phi) is 2.74. The molecular formula is C20H21NO3. The van der Waals surface area contributed by atoms with Crippen molar-refractivity contribution in [3.8, 4) is 0 Å². The highest BCUT2D eigenvalue weighted by Gasteiger charge is 2.70. The van der Waals surface area contributed by atoms with Crippen LogP contribution in [0.25, 0.3) is 0 Å². The number of ketones is 1. The van der Waals surface area contributed by atoms with E-state index in [4.69, 9.17) is 4.74 Å². The van der Waals surface area contributed by atoms with Crippen molar-refractivity contribution < 1.29 is 14.3 Å². The first-order valence-corrected chi connectivity index (χ1v) is 8.82. The highest BCUT2D eigenvalue weighted by molar-refractivity contribution is 5.93. The Labute approximate surface area is 141 Å². The number of fused-ring (bicyclic) bond motifs is 2. The summed E-state index contributed by atoms with van der Waals surface area (Å²) < 4.78 is 6.24. The summed E-state index contributed by atoms with van der Waals surface area (Å²) in [7, 11) is 0. The maximum Gasteiger partial charge on any atom is 0.230 e. The number of amides is 1. The van der Waals surface area contributed by atoms with Gasteiger partial charge in [0.05, 0.1) is 24.1 Å². The Balaban J connectivity index is 1.68. The molecular weight excluding hydrogens is 302 g/mol. The van der Waals surface area contributed by atoms with E-state index in [9.17, 15) is 9.59 Å². The number of carbonyl (C=O) groups is 2. The monoisotopic (exact) mass is 323 g/mol. The second-order valence-electron chi connectivity index (χ2n) is 7.68. The van der Waals surface area contributed by atoms with Gasteiger partial charge in [-0.15, -0.1) is 0 Å². The van der Waals surface area contributed by atoms with Crippen LogP contribution >= 0.6 is 0 Å². The molecule has 0 aromatic heterocycles. The molecule has 3 saturated heterocycles. The zero-order valence-electron chi connectivity index (χ0n) is 13.9. The average molecular weight is 323 g/mol. The van der Waals surface area contributed by atoms with Crippen LogP contribution in [0.5, 0.6) is 0 Å². The number of hydrogen-bond acceptors (Lipinski definition) is 3. The minimum atomic E-state index is -0.593. The number of carbonyl (C=O) groups excluding carboxylic acids is 2. The summed E-state index contributed by atoms with van der Waals surface area (Å²) in [5.74, 6) is -0.133. The predicted molar refractivity (Wildman–Crippen MR) is 88.0 cm³/mol. The summed E-state index contributed by atoms with van der Waals surface area (Å²) in [5.41, 5.74) is 0.447. The third-order valence-electron chi connectivity index (χ3n) is 6.54. The van der Waals surface area contributed by atoms with Crippen LogP contribution in [-0.4, -0.2) is 34.3 Å². The van der Waals surface area contributed by atoms with E-state index < -0.39 is 5.60 Å². The summed E-state index contributed by atoms with van der Waals surface area (Å²) in [6, 6.07) is 9.58. The van der Waals surface area contributed by atoms with Crippen molar-refractivity contribution in [2.24, 2.45) is 17.8 Å². The summed E-state index contributed by atoms with van der Waals surface area (Å²) in [4.78, 5) is 28.3. The Morgan fingerprint density at radius 3 is 2.58 bits per heavy atom. The third-order valence-corrected chi connectivity index (χ3v) is 6.54. The van der Waals surface area contributed by atoms with E-state index in [2.05, 4.69) is 12.2 Å². The van der Waals surface area contributed by atoms with E-state index in [0.717, 1.165) is 12.0 Å². The fourth-order valence-electron chi connectivity index (χ4n) is 5.55. The van der Waals surface area contributed by atoms with Crippen LogP contribution in [0.1, 0.15) is 31.9 Å². The Bertz CT molecular complexity index is 757. The second-order valence-corrected chi connectivity index (χ2v) is 7.68. The SMILES string of the molecule is C[C@@H]1C(=O)[C@H](C)[C@@H]2N(C(=O)[C@@H]3C[C@H]4C=C[C@@]23O4)[C@H]1c1ccccc1. The van der Waals surface area contributed by atoms with Crippen molar-refractivity contribution in [3.63, 3.8) is 0 Å². The van der Waals surface area contributed by atoms with Crippen LogP contribution in [0, 0.1) is 17.8 Å². The number of ether oxygens (including phenoxy) is 1. The lowest BCUT2D eigenvalue weighted by Gasteiger charge is -2.47. The molecule has 4 aliphatic heterocycles. The highest BCUT2D eigenvalue weighted by Crippen LogP contribution is 2.58. The van der Waals surface area contributed by atoms with Gasteiger partial charge >= 0.3 is 0 Å². The third kappa shape index (κ3) is 1.53. The van der Waals surface area contributed by atoms with E-state index in [1.165, 1.54) is 0 Å². The fraction of sp³-hybridized carbons (Fsp3) is 0.500. The first-order chi connectivity index (χ1) is 11.5. The molecule has 4 heteroatoms. The van der Waals surface area contributed by atoms with Gasteiger partial charge in [-0.1, -0.05) is 56.3 Å². The van der Waals surface area contributed by atoms with E-state index in [1.807, 2.05) is 49.1 Å². The molecule has 2 bridgehead atoms. The number of Topliss-reactive ketones (excluding diaryl/α,β-unsaturated/α-hetero) is 1. The number of rotatable bonds is 1. The lowest BCUT2D eigenvalue weighted by atomic mass is 9.71. The zero-order valence-corrected chi connectivity index (χ0v) is 13.9. The van der Waals surface area contributed by atoms with Crippen molar-refractivity contribution in [2.75, 3.05) is 0 Å². The molecule has 5 rings (SSSR count). The number of nitrogens with zero attached hydrogens (tertiary/aromatic N) is 1. The van der Waals surface area contributed by atoms with Gasteiger partial charge in [0, 0.05) is 11.8 Å². The Morgan fingerprint density at radius 2 is 1.88 bits per heavy atom. The highest BCUT2D eigenvalue weighted by atomic mass is 16.5. The largest absolute Gasteiger partial charge is 0.361 e. The quantitative estimate of drug-likeness (QED) is 0.746. The van der Waals surface area contributed by atoms with Gasteiger partial charge in [0.25, 0.3) is 0 Å². The van der Waals surface area contributed by atoms with Gasteiger partial charge in [0.15, 0.2) is 0 Å². The fourth-order valence-corrected chi connectivity index (χ4v) is 5.55. The lowest BCUT2D eigenvalue weighted by Crippen LogP contribution is -2.58. The molecule has 4 nitrogen and oxygen atoms in total. The van der Waals surface area contributed by atoms with Gasteiger partial charge in [-0.25, -0.2) is 0 Å². The van der Waals surface area contributed by atoms with Crippen molar-refractivity contribution in [1.29, 1.82) is 0 Å². The first kappa shape index (κ1) is 14.4. The summed E-state index contributed by atoms with van der Waals surface area (Å²) >= 11 is 0. The standard InChI is InChI=1S/C20H21NO3/c1-11-16(13-6-4-3-5-7-13)21-18(12(2)17(11)22)20-9-8-14(24-20)10-15(20)19(21)23/h3-9,11-12,14-16,18H,10H2,1-2H3/t11-,12-,14+,15-,16+,18-,20-/m0/s1. The van der Waals surface area contributed by atoms with Gasteiger partial charge < -0.3 is 9.64 Å². The molecule has 0 saturated carbocycles. The van der Waals surface area contributed by atoms with E-state index >= 15 is 0 Å². The Hall–Kier alpha value is -1.94. The van der Waals surface area contributed by atoms with Crippen molar-refractivity contribution in [1.82, 2.24) is 4.90 Å². The molecule has 0 radical (unpaired) electrons. The molecule has 4 heterocycles. The average Bonchev–Trinajstić information content (AvgIpc) is 3.24. The molecule has 1 aromatic rings. The molecule has 7 atom stereocenters. The topological polar surface area (TPSA) is 46.6 Å². The maximum atomic E-state index is 13.3. The summed E-state index contributed by atoms with van der Waals surface area (Å²) in [6.45, 7) is 3.92. The van der Waals surface area contributed by atoms with Crippen molar-refractivity contribution in [2.45, 2.75) is 44.1 Å². The lowest BCUT2D eigenvalue weighted by molar-refractivity contribution is -0.150. The molecule has 0 N–H and O–H groups in total. The van der Waals surface area contributed by atoms with Crippen LogP contribution in [0.3, 0.4) is 0 Å². The maximum absolute atomic E-state index is 13.3. The van der Waals surface area contributed by atoms with E-state index in [1.54, 1.807) is 0 Å². The molecule has 4 aliphatic rings. The van der Waals surface area contributed by atoms with Gasteiger partial charge in [0.1, 0.15) is 11.4 Å².